The van der Waals surface area contributed by atoms with Crippen molar-refractivity contribution in [3.8, 4) is 27.9 Å². The molecule has 0 bridgehead atoms. The molecular weight excluding hydrogens is 617 g/mol. The Morgan fingerprint density at radius 3 is 1.41 bits per heavy atom. The van der Waals surface area contributed by atoms with Crippen LogP contribution in [0.4, 0.5) is 17.1 Å². The van der Waals surface area contributed by atoms with Crippen LogP contribution in [0.3, 0.4) is 0 Å². The maximum atomic E-state index is 2.36. The number of hydrogen-bond acceptors (Lipinski definition) is 1. The molecule has 1 heterocycles. The number of allylic oxidation sites excluding steroid dienone is 4. The van der Waals surface area contributed by atoms with E-state index in [1.807, 2.05) is 0 Å². The maximum absolute atomic E-state index is 2.36. The predicted octanol–water partition coefficient (Wildman–Crippen LogP) is 14.0. The van der Waals surface area contributed by atoms with E-state index in [1.54, 1.807) is 0 Å². The van der Waals surface area contributed by atoms with Gasteiger partial charge in [-0.05, 0) is 107 Å². The molecule has 8 rings (SSSR count). The number of hydrogen-bond donors (Lipinski definition) is 0. The lowest BCUT2D eigenvalue weighted by Crippen LogP contribution is -2.10. The number of aromatic nitrogens is 1. The van der Waals surface area contributed by atoms with Crippen LogP contribution in [0.2, 0.25) is 0 Å². The smallest absolute Gasteiger partial charge is 0.0541 e. The fourth-order valence-electron chi connectivity index (χ4n) is 7.17. The Balaban J connectivity index is 1.13. The van der Waals surface area contributed by atoms with E-state index >= 15 is 0 Å². The van der Waals surface area contributed by atoms with E-state index in [0.717, 1.165) is 29.2 Å². The second-order valence-corrected chi connectivity index (χ2v) is 12.8. The summed E-state index contributed by atoms with van der Waals surface area (Å²) in [7, 11) is 0. The molecule has 0 N–H and O–H groups in total. The van der Waals surface area contributed by atoms with Crippen LogP contribution in [0.5, 0.6) is 0 Å². The molecule has 0 saturated carbocycles. The number of rotatable bonds is 9. The van der Waals surface area contributed by atoms with Crippen molar-refractivity contribution in [2.45, 2.75) is 20.3 Å². The van der Waals surface area contributed by atoms with E-state index in [-0.39, 0.29) is 0 Å². The summed E-state index contributed by atoms with van der Waals surface area (Å²) in [5.74, 6) is 0. The van der Waals surface area contributed by atoms with Crippen molar-refractivity contribution in [2.75, 3.05) is 4.90 Å². The first kappa shape index (κ1) is 31.9. The lowest BCUT2D eigenvalue weighted by molar-refractivity contribution is 1.18. The summed E-state index contributed by atoms with van der Waals surface area (Å²) >= 11 is 0. The summed E-state index contributed by atoms with van der Waals surface area (Å²) < 4.78 is 2.36. The van der Waals surface area contributed by atoms with Gasteiger partial charge in [-0.2, -0.15) is 0 Å². The van der Waals surface area contributed by atoms with Gasteiger partial charge in [-0.25, -0.2) is 0 Å². The highest BCUT2D eigenvalue weighted by molar-refractivity contribution is 6.09. The first-order valence-electron chi connectivity index (χ1n) is 17.8. The van der Waals surface area contributed by atoms with E-state index in [0.29, 0.717) is 0 Å². The molecule has 2 heteroatoms. The normalized spacial score (nSPS) is 11.8. The molecule has 0 unspecified atom stereocenters. The average Bonchev–Trinajstić information content (AvgIpc) is 3.54. The minimum Gasteiger partial charge on any atom is -0.311 e. The average molecular weight is 657 g/mol. The van der Waals surface area contributed by atoms with Gasteiger partial charge in [-0.15, -0.1) is 0 Å². The van der Waals surface area contributed by atoms with Crippen molar-refractivity contribution < 1.29 is 0 Å². The highest BCUT2D eigenvalue weighted by Crippen LogP contribution is 2.38. The third kappa shape index (κ3) is 6.29. The van der Waals surface area contributed by atoms with Crippen molar-refractivity contribution in [3.63, 3.8) is 0 Å². The maximum Gasteiger partial charge on any atom is 0.0541 e. The van der Waals surface area contributed by atoms with Crippen molar-refractivity contribution in [3.05, 3.63) is 200 Å². The second-order valence-electron chi connectivity index (χ2n) is 12.8. The first-order chi connectivity index (χ1) is 25.2. The van der Waals surface area contributed by atoms with E-state index in [1.165, 1.54) is 55.2 Å². The minimum atomic E-state index is 0.997. The van der Waals surface area contributed by atoms with Gasteiger partial charge in [-0.1, -0.05) is 140 Å². The third-order valence-corrected chi connectivity index (χ3v) is 9.63. The van der Waals surface area contributed by atoms with Gasteiger partial charge in [-0.3, -0.25) is 0 Å². The quantitative estimate of drug-likeness (QED) is 0.140. The fraction of sp³-hybridized carbons (Fsp3) is 0.0612. The zero-order valence-electron chi connectivity index (χ0n) is 29.1. The second kappa shape index (κ2) is 14.2. The molecule has 0 amide bonds. The van der Waals surface area contributed by atoms with Gasteiger partial charge in [0.05, 0.1) is 11.0 Å². The molecule has 1 aromatic heterocycles. The Morgan fingerprint density at radius 1 is 0.490 bits per heavy atom. The standard InChI is InChI=1S/C49H40N2/c1-3-12-36(13-4-2)38-20-28-42(29-21-38)50(43-30-22-39(23-31-43)37-14-6-5-7-15-37)44-32-24-40(25-33-44)41-26-34-45(35-27-41)51-48-18-10-8-16-46(48)47-17-9-11-19-49(47)51/h3,5-35H,4H2,1-2H3/b12-3-,36-13+. The number of benzene rings is 7. The highest BCUT2D eigenvalue weighted by Gasteiger charge is 2.15. The van der Waals surface area contributed by atoms with E-state index in [4.69, 9.17) is 0 Å². The van der Waals surface area contributed by atoms with Crippen LogP contribution in [-0.2, 0) is 0 Å². The Morgan fingerprint density at radius 2 is 0.922 bits per heavy atom. The third-order valence-electron chi connectivity index (χ3n) is 9.63. The number of fused-ring (bicyclic) bond motifs is 3. The molecule has 0 spiro atoms. The molecule has 246 valence electrons. The molecule has 7 aromatic carbocycles. The summed E-state index contributed by atoms with van der Waals surface area (Å²) in [6.45, 7) is 4.25. The summed E-state index contributed by atoms with van der Waals surface area (Å²) in [5.41, 5.74) is 14.2. The van der Waals surface area contributed by atoms with E-state index in [9.17, 15) is 0 Å². The number of nitrogens with zero attached hydrogens (tertiary/aromatic N) is 2. The van der Waals surface area contributed by atoms with Crippen LogP contribution in [0, 0.1) is 0 Å². The predicted molar refractivity (Wildman–Crippen MR) is 219 cm³/mol. The topological polar surface area (TPSA) is 8.17 Å². The van der Waals surface area contributed by atoms with Gasteiger partial charge in [0.2, 0.25) is 0 Å². The Bertz CT molecular complexity index is 2410. The fourth-order valence-corrected chi connectivity index (χ4v) is 7.17. The van der Waals surface area contributed by atoms with Crippen LogP contribution in [0.25, 0.3) is 55.3 Å². The Kier molecular flexibility index (Phi) is 8.89. The highest BCUT2D eigenvalue weighted by atomic mass is 15.1. The first-order valence-corrected chi connectivity index (χ1v) is 17.8. The largest absolute Gasteiger partial charge is 0.311 e. The molecule has 51 heavy (non-hydrogen) atoms. The molecular formula is C49H40N2. The number of anilines is 3. The SMILES string of the molecule is C/C=C\C(=C/CC)c1ccc(N(c2ccc(-c3ccccc3)cc2)c2ccc(-c3ccc(-n4c5ccccc5c5ccccc54)cc3)cc2)cc1. The number of para-hydroxylation sites is 2. The van der Waals surface area contributed by atoms with Crippen molar-refractivity contribution in [1.29, 1.82) is 0 Å². The van der Waals surface area contributed by atoms with E-state index < -0.39 is 0 Å². The molecule has 0 fully saturated rings. The van der Waals surface area contributed by atoms with Crippen molar-refractivity contribution in [1.82, 2.24) is 4.57 Å². The summed E-state index contributed by atoms with van der Waals surface area (Å²) in [5, 5.41) is 2.55. The zero-order valence-corrected chi connectivity index (χ0v) is 29.1. The summed E-state index contributed by atoms with van der Waals surface area (Å²) in [4.78, 5) is 2.34. The van der Waals surface area contributed by atoms with Gasteiger partial charge in [0.1, 0.15) is 0 Å². The van der Waals surface area contributed by atoms with Gasteiger partial charge >= 0.3 is 0 Å². The Labute approximate surface area is 300 Å². The van der Waals surface area contributed by atoms with Gasteiger partial charge in [0.25, 0.3) is 0 Å². The molecule has 2 nitrogen and oxygen atoms in total. The van der Waals surface area contributed by atoms with Crippen molar-refractivity contribution >= 4 is 44.4 Å². The molecule has 0 atom stereocenters. The van der Waals surface area contributed by atoms with Gasteiger partial charge < -0.3 is 9.47 Å². The monoisotopic (exact) mass is 656 g/mol. The van der Waals surface area contributed by atoms with Crippen molar-refractivity contribution in [2.24, 2.45) is 0 Å². The summed E-state index contributed by atoms with van der Waals surface area (Å²) in [6.07, 6.45) is 7.57. The lowest BCUT2D eigenvalue weighted by Gasteiger charge is -2.26. The van der Waals surface area contributed by atoms with Crippen LogP contribution < -0.4 is 4.90 Å². The molecule has 0 aliphatic heterocycles. The van der Waals surface area contributed by atoms with E-state index in [2.05, 4.69) is 217 Å². The van der Waals surface area contributed by atoms with Crippen LogP contribution >= 0.6 is 0 Å². The molecule has 0 saturated heterocycles. The van der Waals surface area contributed by atoms with Gasteiger partial charge in [0.15, 0.2) is 0 Å². The minimum absolute atomic E-state index is 0.997. The lowest BCUT2D eigenvalue weighted by atomic mass is 10.0. The van der Waals surface area contributed by atoms with Crippen LogP contribution in [0.15, 0.2) is 194 Å². The molecule has 0 aliphatic carbocycles. The van der Waals surface area contributed by atoms with Crippen LogP contribution in [-0.4, -0.2) is 4.57 Å². The zero-order chi connectivity index (χ0) is 34.6. The summed E-state index contributed by atoms with van der Waals surface area (Å²) in [6, 6.07) is 63.5. The van der Waals surface area contributed by atoms with Crippen LogP contribution in [0.1, 0.15) is 25.8 Å². The molecule has 8 aromatic rings. The Hall–Kier alpha value is -6.38. The van der Waals surface area contributed by atoms with Gasteiger partial charge in [0, 0.05) is 33.5 Å². The molecule has 0 radical (unpaired) electrons. The molecule has 0 aliphatic rings.